The normalized spacial score (nSPS) is 11.9. The van der Waals surface area contributed by atoms with Gasteiger partial charge in [-0.15, -0.1) is 0 Å². The van der Waals surface area contributed by atoms with Crippen molar-refractivity contribution in [2.75, 3.05) is 14.2 Å². The average Bonchev–Trinajstić information content (AvgIpc) is 2.84. The highest BCUT2D eigenvalue weighted by molar-refractivity contribution is 5.97. The maximum absolute atomic E-state index is 13.8. The van der Waals surface area contributed by atoms with Crippen molar-refractivity contribution in [3.05, 3.63) is 57.8 Å². The minimum absolute atomic E-state index is 0.0965. The van der Waals surface area contributed by atoms with Gasteiger partial charge in [0.05, 0.1) is 19.6 Å². The summed E-state index contributed by atoms with van der Waals surface area (Å²) in [6.07, 6.45) is 15.2. The highest BCUT2D eigenvalue weighted by Crippen LogP contribution is 2.40. The summed E-state index contributed by atoms with van der Waals surface area (Å²) in [6.45, 7) is 4.27. The Kier molecular flexibility index (Phi) is 9.24. The Morgan fingerprint density at radius 1 is 0.829 bits per heavy atom. The minimum Gasteiger partial charge on any atom is -0.507 e. The van der Waals surface area contributed by atoms with Crippen LogP contribution in [0.25, 0.3) is 21.9 Å². The van der Waals surface area contributed by atoms with Crippen molar-refractivity contribution in [2.24, 2.45) is 0 Å². The summed E-state index contributed by atoms with van der Waals surface area (Å²) in [5.41, 5.74) is 1.12. The van der Waals surface area contributed by atoms with Gasteiger partial charge in [-0.05, 0) is 25.7 Å². The highest BCUT2D eigenvalue weighted by Gasteiger charge is 2.23. The lowest BCUT2D eigenvalue weighted by Gasteiger charge is -2.15. The van der Waals surface area contributed by atoms with E-state index in [9.17, 15) is 15.0 Å². The number of rotatable bonds is 12. The van der Waals surface area contributed by atoms with Gasteiger partial charge in [0, 0.05) is 23.3 Å². The van der Waals surface area contributed by atoms with Crippen LogP contribution in [0, 0.1) is 0 Å². The summed E-state index contributed by atoms with van der Waals surface area (Å²) in [7, 11) is 2.98. The van der Waals surface area contributed by atoms with Crippen molar-refractivity contribution in [3.63, 3.8) is 0 Å². The molecule has 0 amide bonds. The number of methoxy groups -OCH3 is 2. The van der Waals surface area contributed by atoms with Crippen molar-refractivity contribution in [3.8, 4) is 23.0 Å². The molecule has 2 N–H and O–H groups in total. The summed E-state index contributed by atoms with van der Waals surface area (Å²) >= 11 is 0. The van der Waals surface area contributed by atoms with E-state index in [4.69, 9.17) is 13.9 Å². The van der Waals surface area contributed by atoms with Crippen LogP contribution in [0.4, 0.5) is 0 Å². The Morgan fingerprint density at radius 3 is 2.00 bits per heavy atom. The zero-order valence-electron chi connectivity index (χ0n) is 21.1. The second kappa shape index (κ2) is 12.3. The molecule has 0 radical (unpaired) electrons. The first-order chi connectivity index (χ1) is 17.0. The lowest BCUT2D eigenvalue weighted by Crippen LogP contribution is -2.08. The van der Waals surface area contributed by atoms with Crippen molar-refractivity contribution in [1.29, 1.82) is 0 Å². The number of fused-ring (bicyclic) bond motifs is 2. The van der Waals surface area contributed by atoms with Crippen LogP contribution >= 0.6 is 0 Å². The van der Waals surface area contributed by atoms with Crippen molar-refractivity contribution in [1.82, 2.24) is 0 Å². The lowest BCUT2D eigenvalue weighted by atomic mass is 9.99. The fourth-order valence-electron chi connectivity index (χ4n) is 4.30. The second-order valence-corrected chi connectivity index (χ2v) is 8.63. The Hall–Kier alpha value is -3.41. The van der Waals surface area contributed by atoms with Crippen LogP contribution < -0.4 is 14.9 Å². The maximum Gasteiger partial charge on any atom is 0.204 e. The number of benzene rings is 2. The molecule has 0 fully saturated rings. The van der Waals surface area contributed by atoms with Crippen LogP contribution in [0.5, 0.6) is 23.0 Å². The third-order valence-corrected chi connectivity index (χ3v) is 6.18. The van der Waals surface area contributed by atoms with Crippen molar-refractivity contribution >= 4 is 21.9 Å². The number of unbranched alkanes of at least 4 members (excludes halogenated alkanes) is 4. The molecule has 0 aliphatic rings. The van der Waals surface area contributed by atoms with E-state index in [1.54, 1.807) is 6.07 Å². The fraction of sp³-hybridized carbons (Fsp3) is 0.414. The first kappa shape index (κ1) is 26.2. The van der Waals surface area contributed by atoms with Gasteiger partial charge < -0.3 is 24.1 Å². The SMILES string of the molecule is CCCCC=CCc1c(OC)cc2oc3cc(O)c(OC)c(CC=CCCCC)c3c(=O)c2c1O. The molecule has 0 aliphatic carbocycles. The van der Waals surface area contributed by atoms with Crippen LogP contribution in [-0.2, 0) is 12.8 Å². The molecule has 0 aliphatic heterocycles. The number of hydrogen-bond acceptors (Lipinski definition) is 6. The van der Waals surface area contributed by atoms with Crippen LogP contribution in [0.3, 0.4) is 0 Å². The molecule has 3 aromatic rings. The van der Waals surface area contributed by atoms with Gasteiger partial charge in [-0.25, -0.2) is 0 Å². The van der Waals surface area contributed by atoms with E-state index >= 15 is 0 Å². The molecule has 0 unspecified atom stereocenters. The van der Waals surface area contributed by atoms with E-state index in [2.05, 4.69) is 26.0 Å². The molecule has 0 bridgehead atoms. The van der Waals surface area contributed by atoms with Crippen LogP contribution in [0.15, 0.2) is 45.6 Å². The number of phenols is 2. The van der Waals surface area contributed by atoms with E-state index in [0.717, 1.165) is 38.5 Å². The van der Waals surface area contributed by atoms with E-state index in [1.807, 2.05) is 12.2 Å². The van der Waals surface area contributed by atoms with E-state index in [1.165, 1.54) is 20.3 Å². The number of aromatic hydroxyl groups is 2. The monoisotopic (exact) mass is 480 g/mol. The van der Waals surface area contributed by atoms with Gasteiger partial charge in [0.1, 0.15) is 28.1 Å². The quantitative estimate of drug-likeness (QED) is 0.166. The second-order valence-electron chi connectivity index (χ2n) is 8.63. The molecule has 35 heavy (non-hydrogen) atoms. The number of phenolic OH excluding ortho intramolecular Hbond substituents is 2. The molecule has 0 atom stereocenters. The van der Waals surface area contributed by atoms with Crippen LogP contribution in [-0.4, -0.2) is 24.4 Å². The molecule has 6 nitrogen and oxygen atoms in total. The molecular weight excluding hydrogens is 444 g/mol. The van der Waals surface area contributed by atoms with Gasteiger partial charge in [-0.1, -0.05) is 63.8 Å². The van der Waals surface area contributed by atoms with Crippen molar-refractivity contribution in [2.45, 2.75) is 65.2 Å². The first-order valence-corrected chi connectivity index (χ1v) is 12.4. The zero-order valence-corrected chi connectivity index (χ0v) is 21.1. The van der Waals surface area contributed by atoms with Gasteiger partial charge in [-0.3, -0.25) is 4.79 Å². The summed E-state index contributed by atoms with van der Waals surface area (Å²) in [5, 5.41) is 22.1. The first-order valence-electron chi connectivity index (χ1n) is 12.4. The van der Waals surface area contributed by atoms with E-state index in [0.29, 0.717) is 29.7 Å². The third-order valence-electron chi connectivity index (χ3n) is 6.18. The van der Waals surface area contributed by atoms with Gasteiger partial charge in [0.2, 0.25) is 5.43 Å². The standard InChI is InChI=1S/C29H36O6/c1-5-7-9-11-13-15-19-22(33-3)18-24-26(27(19)31)28(32)25-20(16-14-12-10-8-6-2)29(34-4)21(30)17-23(25)35-24/h11-14,17-18,30-31H,5-10,15-16H2,1-4H3. The Morgan fingerprint density at radius 2 is 1.43 bits per heavy atom. The lowest BCUT2D eigenvalue weighted by molar-refractivity contribution is 0.370. The molecule has 0 saturated carbocycles. The molecule has 3 rings (SSSR count). The molecule has 0 saturated heterocycles. The summed E-state index contributed by atoms with van der Waals surface area (Å²) in [5.74, 6) is 0.418. The molecule has 1 aromatic heterocycles. The number of ether oxygens (including phenoxy) is 2. The molecule has 188 valence electrons. The summed E-state index contributed by atoms with van der Waals surface area (Å²) < 4.78 is 17.0. The highest BCUT2D eigenvalue weighted by atomic mass is 16.5. The fourth-order valence-corrected chi connectivity index (χ4v) is 4.30. The Labute approximate surface area is 206 Å². The van der Waals surface area contributed by atoms with Gasteiger partial charge in [0.15, 0.2) is 11.5 Å². The largest absolute Gasteiger partial charge is 0.507 e. The Balaban J connectivity index is 2.22. The molecule has 1 heterocycles. The molecule has 2 aromatic carbocycles. The summed E-state index contributed by atoms with van der Waals surface area (Å²) in [6, 6.07) is 3.00. The van der Waals surface area contributed by atoms with E-state index < -0.39 is 0 Å². The maximum atomic E-state index is 13.8. The predicted octanol–water partition coefficient (Wildman–Crippen LogP) is 6.95. The Bertz CT molecular complexity index is 1280. The molecule has 0 spiro atoms. The smallest absolute Gasteiger partial charge is 0.204 e. The van der Waals surface area contributed by atoms with E-state index in [-0.39, 0.29) is 44.6 Å². The van der Waals surface area contributed by atoms with Gasteiger partial charge >= 0.3 is 0 Å². The van der Waals surface area contributed by atoms with Crippen molar-refractivity contribution < 1.29 is 24.1 Å². The number of hydrogen-bond donors (Lipinski definition) is 2. The summed E-state index contributed by atoms with van der Waals surface area (Å²) in [4.78, 5) is 13.8. The average molecular weight is 481 g/mol. The van der Waals surface area contributed by atoms with Crippen LogP contribution in [0.2, 0.25) is 0 Å². The zero-order chi connectivity index (χ0) is 25.4. The minimum atomic E-state index is -0.368. The topological polar surface area (TPSA) is 89.1 Å². The third kappa shape index (κ3) is 5.64. The molecular formula is C29H36O6. The van der Waals surface area contributed by atoms with Gasteiger partial charge in [-0.2, -0.15) is 0 Å². The van der Waals surface area contributed by atoms with Gasteiger partial charge in [0.25, 0.3) is 0 Å². The number of allylic oxidation sites excluding steroid dienone is 4. The van der Waals surface area contributed by atoms with Crippen LogP contribution in [0.1, 0.15) is 63.5 Å². The predicted molar refractivity (Wildman–Crippen MR) is 141 cm³/mol. The molecule has 6 heteroatoms.